The molecule has 7 heteroatoms. The van der Waals surface area contributed by atoms with Gasteiger partial charge in [-0.2, -0.15) is 4.98 Å². The molecule has 0 aromatic carbocycles. The Balaban J connectivity index is 1.75. The number of morpholine rings is 1. The number of anilines is 3. The second-order valence-electron chi connectivity index (χ2n) is 6.73. The van der Waals surface area contributed by atoms with E-state index in [0.29, 0.717) is 24.8 Å². The van der Waals surface area contributed by atoms with Crippen LogP contribution in [-0.2, 0) is 9.53 Å². The van der Waals surface area contributed by atoms with E-state index in [1.807, 2.05) is 19.0 Å². The highest BCUT2D eigenvalue weighted by Gasteiger charge is 2.23. The van der Waals surface area contributed by atoms with Crippen molar-refractivity contribution < 1.29 is 9.53 Å². The van der Waals surface area contributed by atoms with Gasteiger partial charge in [0.1, 0.15) is 5.69 Å². The van der Waals surface area contributed by atoms with Crippen LogP contribution in [0.2, 0.25) is 0 Å². The van der Waals surface area contributed by atoms with Crippen LogP contribution in [0, 0.1) is 5.92 Å². The molecule has 1 saturated heterocycles. The third-order valence-electron chi connectivity index (χ3n) is 4.71. The van der Waals surface area contributed by atoms with E-state index in [-0.39, 0.29) is 11.8 Å². The molecule has 1 aromatic heterocycles. The van der Waals surface area contributed by atoms with Gasteiger partial charge in [-0.3, -0.25) is 4.79 Å². The Bertz CT molecular complexity index is 566. The van der Waals surface area contributed by atoms with Gasteiger partial charge in [-0.25, -0.2) is 4.98 Å². The maximum absolute atomic E-state index is 12.5. The molecule has 0 atom stereocenters. The number of hydrogen-bond donors (Lipinski definition) is 1. The van der Waals surface area contributed by atoms with Crippen molar-refractivity contribution in [1.29, 1.82) is 0 Å². The summed E-state index contributed by atoms with van der Waals surface area (Å²) in [6.07, 6.45) is 7.22. The number of ether oxygens (including phenoxy) is 1. The lowest BCUT2D eigenvalue weighted by molar-refractivity contribution is -0.120. The second-order valence-corrected chi connectivity index (χ2v) is 6.73. The molecule has 0 radical (unpaired) electrons. The summed E-state index contributed by atoms with van der Waals surface area (Å²) >= 11 is 0. The molecule has 7 nitrogen and oxygen atoms in total. The van der Waals surface area contributed by atoms with Crippen LogP contribution in [0.1, 0.15) is 32.1 Å². The number of hydrogen-bond acceptors (Lipinski definition) is 6. The molecule has 1 aliphatic heterocycles. The highest BCUT2D eigenvalue weighted by Crippen LogP contribution is 2.28. The Kier molecular flexibility index (Phi) is 5.50. The molecule has 2 heterocycles. The third kappa shape index (κ3) is 3.95. The van der Waals surface area contributed by atoms with Crippen LogP contribution >= 0.6 is 0 Å². The van der Waals surface area contributed by atoms with Gasteiger partial charge in [0, 0.05) is 33.1 Å². The van der Waals surface area contributed by atoms with Crippen molar-refractivity contribution in [3.8, 4) is 0 Å². The summed E-state index contributed by atoms with van der Waals surface area (Å²) in [5.74, 6) is 1.65. The van der Waals surface area contributed by atoms with E-state index < -0.39 is 0 Å². The van der Waals surface area contributed by atoms with Gasteiger partial charge >= 0.3 is 0 Å². The Morgan fingerprint density at radius 2 is 1.96 bits per heavy atom. The minimum absolute atomic E-state index is 0.0977. The van der Waals surface area contributed by atoms with Gasteiger partial charge in [-0.1, -0.05) is 19.3 Å². The Labute approximate surface area is 143 Å². The van der Waals surface area contributed by atoms with Crippen molar-refractivity contribution in [1.82, 2.24) is 9.97 Å². The van der Waals surface area contributed by atoms with E-state index in [2.05, 4.69) is 20.2 Å². The van der Waals surface area contributed by atoms with Crippen LogP contribution in [-0.4, -0.2) is 56.3 Å². The van der Waals surface area contributed by atoms with Gasteiger partial charge in [0.2, 0.25) is 11.9 Å². The van der Waals surface area contributed by atoms with Crippen LogP contribution in [0.4, 0.5) is 17.5 Å². The standard InChI is InChI=1S/C17H27N5O2/c1-21(2)15-14(19-16(23)13-6-4-3-5-7-13)12-18-17(20-15)22-8-10-24-11-9-22/h12-13H,3-11H2,1-2H3,(H,19,23). The Morgan fingerprint density at radius 1 is 1.25 bits per heavy atom. The number of carbonyl (C=O) groups is 1. The smallest absolute Gasteiger partial charge is 0.227 e. The normalized spacial score (nSPS) is 19.2. The molecular weight excluding hydrogens is 306 g/mol. The molecule has 2 aliphatic rings. The van der Waals surface area contributed by atoms with Crippen molar-refractivity contribution in [2.45, 2.75) is 32.1 Å². The summed E-state index contributed by atoms with van der Waals surface area (Å²) in [4.78, 5) is 25.7. The van der Waals surface area contributed by atoms with Gasteiger partial charge in [-0.15, -0.1) is 0 Å². The van der Waals surface area contributed by atoms with Crippen molar-refractivity contribution in [2.75, 3.05) is 55.5 Å². The molecule has 0 bridgehead atoms. The lowest BCUT2D eigenvalue weighted by Crippen LogP contribution is -2.37. The van der Waals surface area contributed by atoms with E-state index in [1.165, 1.54) is 6.42 Å². The number of nitrogens with zero attached hydrogens (tertiary/aromatic N) is 4. The summed E-state index contributed by atoms with van der Waals surface area (Å²) in [5.41, 5.74) is 0.688. The molecule has 1 saturated carbocycles. The minimum atomic E-state index is 0.0977. The quantitative estimate of drug-likeness (QED) is 0.907. The lowest BCUT2D eigenvalue weighted by Gasteiger charge is -2.28. The van der Waals surface area contributed by atoms with Crippen LogP contribution in [0.3, 0.4) is 0 Å². The number of nitrogens with one attached hydrogen (secondary N) is 1. The summed E-state index contributed by atoms with van der Waals surface area (Å²) in [7, 11) is 3.86. The average molecular weight is 333 g/mol. The summed E-state index contributed by atoms with van der Waals surface area (Å²) in [6.45, 7) is 2.98. The highest BCUT2D eigenvalue weighted by atomic mass is 16.5. The number of aromatic nitrogens is 2. The molecule has 0 unspecified atom stereocenters. The van der Waals surface area contributed by atoms with Gasteiger partial charge in [0.15, 0.2) is 5.82 Å². The van der Waals surface area contributed by atoms with Gasteiger partial charge < -0.3 is 19.9 Å². The number of rotatable bonds is 4. The first-order chi connectivity index (χ1) is 11.6. The first-order valence-electron chi connectivity index (χ1n) is 8.83. The van der Waals surface area contributed by atoms with E-state index in [4.69, 9.17) is 4.74 Å². The zero-order valence-electron chi connectivity index (χ0n) is 14.6. The van der Waals surface area contributed by atoms with Gasteiger partial charge in [-0.05, 0) is 12.8 Å². The molecule has 24 heavy (non-hydrogen) atoms. The molecular formula is C17H27N5O2. The van der Waals surface area contributed by atoms with E-state index in [1.54, 1.807) is 6.20 Å². The first kappa shape index (κ1) is 17.0. The molecule has 0 spiro atoms. The monoisotopic (exact) mass is 333 g/mol. The van der Waals surface area contributed by atoms with Crippen LogP contribution in [0.15, 0.2) is 6.20 Å². The van der Waals surface area contributed by atoms with E-state index in [0.717, 1.165) is 44.6 Å². The van der Waals surface area contributed by atoms with E-state index >= 15 is 0 Å². The predicted molar refractivity (Wildman–Crippen MR) is 94.6 cm³/mol. The topological polar surface area (TPSA) is 70.6 Å². The number of amides is 1. The summed E-state index contributed by atoms with van der Waals surface area (Å²) < 4.78 is 5.38. The van der Waals surface area contributed by atoms with Crippen LogP contribution < -0.4 is 15.1 Å². The van der Waals surface area contributed by atoms with Crippen LogP contribution in [0.5, 0.6) is 0 Å². The fourth-order valence-corrected chi connectivity index (χ4v) is 3.31. The lowest BCUT2D eigenvalue weighted by atomic mass is 9.88. The number of carbonyl (C=O) groups excluding carboxylic acids is 1. The first-order valence-corrected chi connectivity index (χ1v) is 8.83. The van der Waals surface area contributed by atoms with Crippen molar-refractivity contribution in [3.05, 3.63) is 6.20 Å². The summed E-state index contributed by atoms with van der Waals surface area (Å²) in [6, 6.07) is 0. The third-order valence-corrected chi connectivity index (χ3v) is 4.71. The molecule has 132 valence electrons. The maximum Gasteiger partial charge on any atom is 0.227 e. The molecule has 2 fully saturated rings. The highest BCUT2D eigenvalue weighted by molar-refractivity contribution is 5.95. The molecule has 1 N–H and O–H groups in total. The summed E-state index contributed by atoms with van der Waals surface area (Å²) in [5, 5.41) is 3.04. The van der Waals surface area contributed by atoms with E-state index in [9.17, 15) is 4.79 Å². The minimum Gasteiger partial charge on any atom is -0.378 e. The molecule has 3 rings (SSSR count). The average Bonchev–Trinajstić information content (AvgIpc) is 2.63. The fourth-order valence-electron chi connectivity index (χ4n) is 3.31. The van der Waals surface area contributed by atoms with Gasteiger partial charge in [0.05, 0.1) is 19.4 Å². The van der Waals surface area contributed by atoms with Crippen molar-refractivity contribution in [2.24, 2.45) is 5.92 Å². The largest absolute Gasteiger partial charge is 0.378 e. The fraction of sp³-hybridized carbons (Fsp3) is 0.706. The molecule has 1 aliphatic carbocycles. The molecule has 1 aromatic rings. The zero-order chi connectivity index (χ0) is 16.9. The maximum atomic E-state index is 12.5. The Hall–Kier alpha value is -1.89. The predicted octanol–water partition coefficient (Wildman–Crippen LogP) is 1.90. The van der Waals surface area contributed by atoms with Crippen molar-refractivity contribution >= 4 is 23.4 Å². The second kappa shape index (κ2) is 7.79. The zero-order valence-corrected chi connectivity index (χ0v) is 14.6. The van der Waals surface area contributed by atoms with Crippen LogP contribution in [0.25, 0.3) is 0 Å². The van der Waals surface area contributed by atoms with Gasteiger partial charge in [0.25, 0.3) is 0 Å². The molecule has 1 amide bonds. The Morgan fingerprint density at radius 3 is 2.62 bits per heavy atom. The van der Waals surface area contributed by atoms with Crippen molar-refractivity contribution in [3.63, 3.8) is 0 Å². The SMILES string of the molecule is CN(C)c1nc(N2CCOCC2)ncc1NC(=O)C1CCCCC1.